The number of carbonyl (C=O) groups is 2. The predicted octanol–water partition coefficient (Wildman–Crippen LogP) is 2.85. The Morgan fingerprint density at radius 1 is 1.06 bits per heavy atom. The molecule has 3 heterocycles. The van der Waals surface area contributed by atoms with E-state index < -0.39 is 33.8 Å². The third-order valence-electron chi connectivity index (χ3n) is 5.40. The number of nitrogens with one attached hydrogen (secondary N) is 1. The number of carbonyl (C=O) groups excluding carboxylic acids is 2. The molecule has 31 heavy (non-hydrogen) atoms. The van der Waals surface area contributed by atoms with Gasteiger partial charge in [0.25, 0.3) is 5.69 Å². The van der Waals surface area contributed by atoms with Crippen LogP contribution in [-0.4, -0.2) is 32.1 Å². The zero-order valence-electron chi connectivity index (χ0n) is 15.6. The molecule has 0 spiro atoms. The van der Waals surface area contributed by atoms with Gasteiger partial charge < -0.3 is 10.1 Å². The van der Waals surface area contributed by atoms with Gasteiger partial charge >= 0.3 is 4.87 Å². The van der Waals surface area contributed by atoms with Gasteiger partial charge in [-0.15, -0.1) is 0 Å². The van der Waals surface area contributed by atoms with Gasteiger partial charge in [-0.25, -0.2) is 4.90 Å². The largest absolute Gasteiger partial charge is 0.508 e. The summed E-state index contributed by atoms with van der Waals surface area (Å²) in [6, 6.07) is 12.0. The highest BCUT2D eigenvalue weighted by Gasteiger charge is 2.56. The summed E-state index contributed by atoms with van der Waals surface area (Å²) in [5.74, 6) is -2.96. The monoisotopic (exact) mass is 455 g/mol. The maximum absolute atomic E-state index is 13.5. The number of nitro groups is 1. The van der Waals surface area contributed by atoms with Crippen LogP contribution in [0.3, 0.4) is 0 Å². The first-order chi connectivity index (χ1) is 14.9. The number of imide groups is 1. The van der Waals surface area contributed by atoms with Crippen LogP contribution in [0.15, 0.2) is 58.4 Å². The molecule has 0 aliphatic carbocycles. The number of aromatic amines is 1. The van der Waals surface area contributed by atoms with Crippen LogP contribution in [0, 0.1) is 16.0 Å². The molecule has 2 aromatic carbocycles. The first kappa shape index (κ1) is 19.5. The number of hydrogen-bond donors (Lipinski definition) is 2. The number of thiazole rings is 1. The number of phenols is 1. The molecule has 1 saturated heterocycles. The molecule has 2 amide bonds. The van der Waals surface area contributed by atoms with E-state index in [0.29, 0.717) is 15.6 Å². The van der Waals surface area contributed by atoms with Crippen LogP contribution in [0.1, 0.15) is 16.4 Å². The van der Waals surface area contributed by atoms with Gasteiger partial charge in [-0.3, -0.25) is 24.5 Å². The van der Waals surface area contributed by atoms with Crippen molar-refractivity contribution in [2.45, 2.75) is 16.2 Å². The minimum atomic E-state index is -0.926. The molecule has 5 rings (SSSR count). The van der Waals surface area contributed by atoms with Gasteiger partial charge in [-0.2, -0.15) is 0 Å². The molecule has 1 aromatic heterocycles. The SMILES string of the molecule is O=C1[C@H]2[C@H](c3cc([N+](=O)[O-])ccc3O)c3sc(=O)[nH]c3S[C@@H]2C(=O)N1c1ccccc1. The molecule has 3 aromatic rings. The van der Waals surface area contributed by atoms with Gasteiger partial charge in [-0.05, 0) is 18.2 Å². The van der Waals surface area contributed by atoms with Crippen LogP contribution in [0.4, 0.5) is 11.4 Å². The number of amides is 2. The second kappa shape index (κ2) is 7.06. The quantitative estimate of drug-likeness (QED) is 0.352. The standard InChI is InChI=1S/C20H13N3O6S2/c24-12-7-6-10(23(28)29)8-11(12)13-14-16(30-17-15(13)31-20(27)21-17)19(26)22(18(14)25)9-4-2-1-3-5-9/h1-8,13-14,16,24H,(H,21,27)/t13-,14-,16-/m0/s1. The Balaban J connectivity index is 1.70. The Hall–Kier alpha value is -3.44. The Labute approximate surface area is 182 Å². The number of para-hydroxylation sites is 1. The van der Waals surface area contributed by atoms with Crippen LogP contribution >= 0.6 is 23.1 Å². The highest BCUT2D eigenvalue weighted by Crippen LogP contribution is 2.54. The number of benzene rings is 2. The number of thioether (sulfide) groups is 1. The zero-order chi connectivity index (χ0) is 21.9. The fourth-order valence-corrected chi connectivity index (χ4v) is 6.59. The van der Waals surface area contributed by atoms with Crippen molar-refractivity contribution in [2.75, 3.05) is 4.90 Å². The highest BCUT2D eigenvalue weighted by atomic mass is 32.2. The Morgan fingerprint density at radius 2 is 1.81 bits per heavy atom. The van der Waals surface area contributed by atoms with E-state index in [2.05, 4.69) is 4.98 Å². The lowest BCUT2D eigenvalue weighted by atomic mass is 9.82. The van der Waals surface area contributed by atoms with Gasteiger partial charge in [0.2, 0.25) is 11.8 Å². The minimum absolute atomic E-state index is 0.136. The Bertz CT molecular complexity index is 1300. The van der Waals surface area contributed by atoms with Crippen molar-refractivity contribution in [3.8, 4) is 5.75 Å². The van der Waals surface area contributed by atoms with Gasteiger partial charge in [0.05, 0.1) is 21.6 Å². The van der Waals surface area contributed by atoms with Crippen molar-refractivity contribution in [2.24, 2.45) is 5.92 Å². The zero-order valence-corrected chi connectivity index (χ0v) is 17.2. The van der Waals surface area contributed by atoms with E-state index in [1.807, 2.05) is 0 Å². The van der Waals surface area contributed by atoms with Gasteiger partial charge in [0.1, 0.15) is 11.0 Å². The van der Waals surface area contributed by atoms with Gasteiger partial charge in [-0.1, -0.05) is 41.3 Å². The van der Waals surface area contributed by atoms with Crippen LogP contribution in [0.25, 0.3) is 0 Å². The Kier molecular flexibility index (Phi) is 4.45. The van der Waals surface area contributed by atoms with Crippen LogP contribution in [0.2, 0.25) is 0 Å². The number of H-pyrrole nitrogens is 1. The molecule has 0 unspecified atom stereocenters. The molecular weight excluding hydrogens is 442 g/mol. The molecule has 0 radical (unpaired) electrons. The first-order valence-corrected chi connectivity index (χ1v) is 10.9. The summed E-state index contributed by atoms with van der Waals surface area (Å²) in [5.41, 5.74) is 0.298. The molecule has 0 saturated carbocycles. The third-order valence-corrected chi connectivity index (χ3v) is 7.80. The predicted molar refractivity (Wildman–Crippen MR) is 114 cm³/mol. The third kappa shape index (κ3) is 2.96. The van der Waals surface area contributed by atoms with Crippen molar-refractivity contribution >= 4 is 46.3 Å². The lowest BCUT2D eigenvalue weighted by Crippen LogP contribution is -2.32. The Morgan fingerprint density at radius 3 is 2.52 bits per heavy atom. The number of rotatable bonds is 3. The molecule has 1 fully saturated rings. The summed E-state index contributed by atoms with van der Waals surface area (Å²) in [7, 11) is 0. The van der Waals surface area contributed by atoms with E-state index in [1.54, 1.807) is 30.3 Å². The number of nitro benzene ring substituents is 1. The smallest absolute Gasteiger partial charge is 0.305 e. The second-order valence-electron chi connectivity index (χ2n) is 7.10. The first-order valence-electron chi connectivity index (χ1n) is 9.16. The number of aromatic nitrogens is 1. The fourth-order valence-electron chi connectivity index (χ4n) is 4.09. The number of fused-ring (bicyclic) bond motifs is 2. The van der Waals surface area contributed by atoms with Crippen molar-refractivity contribution in [1.29, 1.82) is 0 Å². The van der Waals surface area contributed by atoms with E-state index in [-0.39, 0.29) is 21.9 Å². The van der Waals surface area contributed by atoms with E-state index in [9.17, 15) is 29.6 Å². The molecule has 0 bridgehead atoms. The number of anilines is 1. The van der Waals surface area contributed by atoms with Crippen molar-refractivity contribution < 1.29 is 19.6 Å². The molecule has 156 valence electrons. The molecule has 11 heteroatoms. The van der Waals surface area contributed by atoms with Crippen LogP contribution < -0.4 is 9.77 Å². The number of phenolic OH excluding ortho intramolecular Hbond substituents is 1. The maximum atomic E-state index is 13.5. The maximum Gasteiger partial charge on any atom is 0.305 e. The van der Waals surface area contributed by atoms with E-state index >= 15 is 0 Å². The second-order valence-corrected chi connectivity index (χ2v) is 9.26. The van der Waals surface area contributed by atoms with E-state index in [4.69, 9.17) is 0 Å². The number of non-ortho nitro benzene ring substituents is 1. The average Bonchev–Trinajstić information content (AvgIpc) is 3.24. The fraction of sp³-hybridized carbons (Fsp3) is 0.150. The van der Waals surface area contributed by atoms with Crippen molar-refractivity contribution in [3.63, 3.8) is 0 Å². The van der Waals surface area contributed by atoms with Crippen LogP contribution in [-0.2, 0) is 9.59 Å². The molecule has 2 N–H and O–H groups in total. The normalized spacial score (nSPS) is 22.3. The number of nitrogens with zero attached hydrogens (tertiary/aromatic N) is 2. The molecule has 9 nitrogen and oxygen atoms in total. The summed E-state index contributed by atoms with van der Waals surface area (Å²) < 4.78 is 0. The van der Waals surface area contributed by atoms with Gasteiger partial charge in [0.15, 0.2) is 0 Å². The number of aromatic hydroxyl groups is 1. The average molecular weight is 455 g/mol. The summed E-state index contributed by atoms with van der Waals surface area (Å²) >= 11 is 1.97. The summed E-state index contributed by atoms with van der Waals surface area (Å²) in [4.78, 5) is 53.4. The lowest BCUT2D eigenvalue weighted by Gasteiger charge is -2.30. The molecule has 2 aliphatic rings. The number of hydrogen-bond acceptors (Lipinski definition) is 8. The summed E-state index contributed by atoms with van der Waals surface area (Å²) in [6.45, 7) is 0. The highest BCUT2D eigenvalue weighted by molar-refractivity contribution is 8.00. The van der Waals surface area contributed by atoms with Crippen LogP contribution in [0.5, 0.6) is 5.75 Å². The van der Waals surface area contributed by atoms with Crippen molar-refractivity contribution in [1.82, 2.24) is 4.98 Å². The topological polar surface area (TPSA) is 134 Å². The summed E-state index contributed by atoms with van der Waals surface area (Å²) in [6.07, 6.45) is 0. The van der Waals surface area contributed by atoms with E-state index in [1.165, 1.54) is 12.1 Å². The van der Waals surface area contributed by atoms with Gasteiger partial charge in [0, 0.05) is 28.5 Å². The molecular formula is C20H13N3O6S2. The lowest BCUT2D eigenvalue weighted by molar-refractivity contribution is -0.385. The van der Waals surface area contributed by atoms with E-state index in [0.717, 1.165) is 34.1 Å². The summed E-state index contributed by atoms with van der Waals surface area (Å²) in [5, 5.41) is 21.4. The molecule has 3 atom stereocenters. The molecule has 2 aliphatic heterocycles. The minimum Gasteiger partial charge on any atom is -0.508 e. The van der Waals surface area contributed by atoms with Crippen molar-refractivity contribution in [3.05, 3.63) is 78.8 Å².